The first-order valence-electron chi connectivity index (χ1n) is 12.5. The van der Waals surface area contributed by atoms with Gasteiger partial charge in [-0.2, -0.15) is 11.3 Å². The van der Waals surface area contributed by atoms with Crippen molar-refractivity contribution in [2.24, 2.45) is 0 Å². The Balaban J connectivity index is 0.000000133. The van der Waals surface area contributed by atoms with Crippen LogP contribution in [0.3, 0.4) is 0 Å². The van der Waals surface area contributed by atoms with Gasteiger partial charge in [0.15, 0.2) is 0 Å². The summed E-state index contributed by atoms with van der Waals surface area (Å²) in [4.78, 5) is 2.25. The van der Waals surface area contributed by atoms with Gasteiger partial charge in [0.25, 0.3) is 0 Å². The number of hydrogen-bond donors (Lipinski definition) is 0. The molecule has 0 fully saturated rings. The van der Waals surface area contributed by atoms with Crippen LogP contribution in [0.25, 0.3) is 11.1 Å². The van der Waals surface area contributed by atoms with Crippen molar-refractivity contribution in [3.8, 4) is 11.1 Å². The first-order chi connectivity index (χ1) is 18.4. The van der Waals surface area contributed by atoms with Crippen molar-refractivity contribution in [2.45, 2.75) is 6.42 Å². The number of para-hydroxylation sites is 3. The van der Waals surface area contributed by atoms with E-state index >= 15 is 0 Å². The fourth-order valence-corrected chi connectivity index (χ4v) is 4.94. The lowest BCUT2D eigenvalue weighted by molar-refractivity contribution is 1.26. The minimum Gasteiger partial charge on any atom is -0.311 e. The van der Waals surface area contributed by atoms with Crippen LogP contribution in [0.5, 0.6) is 0 Å². The van der Waals surface area contributed by atoms with E-state index in [2.05, 4.69) is 126 Å². The summed E-state index contributed by atoms with van der Waals surface area (Å²) in [6.45, 7) is 0. The Hall–Kier alpha value is -4.40. The smallest absolute Gasteiger partial charge is 0.0461 e. The molecule has 5 aromatic carbocycles. The Labute approximate surface area is 223 Å². The largest absolute Gasteiger partial charge is 0.311 e. The number of anilines is 3. The van der Waals surface area contributed by atoms with Crippen LogP contribution in [0.1, 0.15) is 11.1 Å². The molecule has 0 bridgehead atoms. The summed E-state index contributed by atoms with van der Waals surface area (Å²) in [5.41, 5.74) is 9.25. The van der Waals surface area contributed by atoms with Crippen molar-refractivity contribution < 1.29 is 0 Å². The van der Waals surface area contributed by atoms with Gasteiger partial charge in [-0.15, -0.1) is 0 Å². The summed E-state index contributed by atoms with van der Waals surface area (Å²) >= 11 is 1.71. The molecule has 0 saturated carbocycles. The quantitative estimate of drug-likeness (QED) is 0.236. The summed E-state index contributed by atoms with van der Waals surface area (Å²) in [5, 5.41) is 4.08. The number of nitrogens with zero attached hydrogens (tertiary/aromatic N) is 1. The molecule has 0 N–H and O–H groups in total. The lowest BCUT2D eigenvalue weighted by Crippen LogP contribution is -2.09. The number of fused-ring (bicyclic) bond motifs is 3. The lowest BCUT2D eigenvalue weighted by Gasteiger charge is -2.25. The Morgan fingerprint density at radius 3 is 1.08 bits per heavy atom. The third kappa shape index (κ3) is 6.24. The van der Waals surface area contributed by atoms with Gasteiger partial charge >= 0.3 is 0 Å². The van der Waals surface area contributed by atoms with Crippen LogP contribution in [-0.4, -0.2) is 0 Å². The highest BCUT2D eigenvalue weighted by atomic mass is 32.1. The van der Waals surface area contributed by atoms with Crippen molar-refractivity contribution in [1.29, 1.82) is 0 Å². The van der Waals surface area contributed by atoms with E-state index in [1.165, 1.54) is 39.3 Å². The zero-order valence-electron chi connectivity index (χ0n) is 20.7. The first-order valence-corrected chi connectivity index (χ1v) is 13.4. The molecule has 1 aliphatic carbocycles. The number of rotatable bonds is 3. The van der Waals surface area contributed by atoms with E-state index in [1.807, 2.05) is 41.1 Å². The highest BCUT2D eigenvalue weighted by molar-refractivity contribution is 7.07. The normalized spacial score (nSPS) is 10.6. The summed E-state index contributed by atoms with van der Waals surface area (Å²) in [6, 6.07) is 52.6. The van der Waals surface area contributed by atoms with E-state index in [0.717, 1.165) is 6.42 Å². The summed E-state index contributed by atoms with van der Waals surface area (Å²) in [5.74, 6) is 0. The second-order valence-electron chi connectivity index (χ2n) is 8.63. The van der Waals surface area contributed by atoms with Crippen molar-refractivity contribution >= 4 is 28.4 Å². The maximum Gasteiger partial charge on any atom is 0.0461 e. The van der Waals surface area contributed by atoms with Crippen molar-refractivity contribution in [2.75, 3.05) is 4.90 Å². The summed E-state index contributed by atoms with van der Waals surface area (Å²) in [6.07, 6.45) is 1.10. The molecule has 0 amide bonds. The maximum absolute atomic E-state index is 2.25. The highest BCUT2D eigenvalue weighted by Crippen LogP contribution is 2.36. The highest BCUT2D eigenvalue weighted by Gasteiger charge is 2.16. The average molecular weight is 496 g/mol. The topological polar surface area (TPSA) is 3.24 Å². The molecule has 7 rings (SSSR count). The molecule has 1 aromatic heterocycles. The maximum atomic E-state index is 2.25. The van der Waals surface area contributed by atoms with Crippen LogP contribution in [0, 0.1) is 0 Å². The molecule has 0 atom stereocenters. The van der Waals surface area contributed by atoms with Gasteiger partial charge in [0.05, 0.1) is 0 Å². The first kappa shape index (κ1) is 24.3. The molecule has 37 heavy (non-hydrogen) atoms. The standard InChI is InChI=1S/C18H15N.C13H10.C4H4S/c1-4-10-16(11-5-1)19(17-12-6-2-7-13-17)18-14-8-3-9-15-18;1-3-7-12-10(5-1)9-11-6-2-4-8-13(11)12;1-2-4-5-3-1/h1-15H;1-8H,9H2;1-4H. The van der Waals surface area contributed by atoms with Gasteiger partial charge in [0.2, 0.25) is 0 Å². The fourth-order valence-electron chi connectivity index (χ4n) is 4.48. The van der Waals surface area contributed by atoms with Gasteiger partial charge in [-0.1, -0.05) is 115 Å². The number of benzene rings is 5. The molecule has 180 valence electrons. The van der Waals surface area contributed by atoms with E-state index < -0.39 is 0 Å². The molecule has 0 aliphatic heterocycles. The Morgan fingerprint density at radius 2 is 0.730 bits per heavy atom. The second-order valence-corrected chi connectivity index (χ2v) is 9.44. The SMILES string of the molecule is c1ccc(N(c2ccccc2)c2ccccc2)cc1.c1ccc2c(c1)Cc1ccccc1-2.c1ccsc1. The van der Waals surface area contributed by atoms with Crippen LogP contribution >= 0.6 is 11.3 Å². The molecule has 1 nitrogen and oxygen atoms in total. The molecule has 0 saturated heterocycles. The Kier molecular flexibility index (Phi) is 8.23. The van der Waals surface area contributed by atoms with E-state index in [1.54, 1.807) is 11.3 Å². The molecule has 0 spiro atoms. The van der Waals surface area contributed by atoms with Crippen molar-refractivity contribution in [1.82, 2.24) is 0 Å². The minimum atomic E-state index is 1.10. The monoisotopic (exact) mass is 495 g/mol. The van der Waals surface area contributed by atoms with E-state index in [4.69, 9.17) is 0 Å². The molecule has 0 radical (unpaired) electrons. The molecular formula is C35H29NS. The minimum absolute atomic E-state index is 1.10. The predicted molar refractivity (Wildman–Crippen MR) is 160 cm³/mol. The number of thiophene rings is 1. The van der Waals surface area contributed by atoms with Crippen LogP contribution in [-0.2, 0) is 6.42 Å². The van der Waals surface area contributed by atoms with Gasteiger partial charge in [-0.05, 0) is 75.8 Å². The summed E-state index contributed by atoms with van der Waals surface area (Å²) < 4.78 is 0. The molecule has 0 unspecified atom stereocenters. The molecule has 1 heterocycles. The van der Waals surface area contributed by atoms with Gasteiger partial charge in [0.1, 0.15) is 0 Å². The van der Waals surface area contributed by atoms with Crippen LogP contribution in [0.2, 0.25) is 0 Å². The molecule has 2 heteroatoms. The van der Waals surface area contributed by atoms with E-state index in [-0.39, 0.29) is 0 Å². The molecular weight excluding hydrogens is 466 g/mol. The van der Waals surface area contributed by atoms with Gasteiger partial charge in [-0.25, -0.2) is 0 Å². The van der Waals surface area contributed by atoms with Crippen LogP contribution in [0.15, 0.2) is 162 Å². The van der Waals surface area contributed by atoms with Crippen LogP contribution < -0.4 is 4.90 Å². The predicted octanol–water partition coefficient (Wildman–Crippen LogP) is 10.2. The molecule has 6 aromatic rings. The number of hydrogen-bond acceptors (Lipinski definition) is 2. The van der Waals surface area contributed by atoms with Gasteiger partial charge in [-0.3, -0.25) is 0 Å². The zero-order chi connectivity index (χ0) is 25.1. The third-order valence-electron chi connectivity index (χ3n) is 6.17. The van der Waals surface area contributed by atoms with E-state index in [0.29, 0.717) is 0 Å². The third-order valence-corrected chi connectivity index (χ3v) is 6.80. The van der Waals surface area contributed by atoms with E-state index in [9.17, 15) is 0 Å². The fraction of sp³-hybridized carbons (Fsp3) is 0.0286. The van der Waals surface area contributed by atoms with Crippen LogP contribution in [0.4, 0.5) is 17.1 Å². The lowest BCUT2D eigenvalue weighted by atomic mass is 10.1. The van der Waals surface area contributed by atoms with Gasteiger partial charge < -0.3 is 4.90 Å². The van der Waals surface area contributed by atoms with Crippen molar-refractivity contribution in [3.05, 3.63) is 174 Å². The van der Waals surface area contributed by atoms with Gasteiger partial charge in [0, 0.05) is 17.1 Å². The molecule has 1 aliphatic rings. The van der Waals surface area contributed by atoms with Crippen molar-refractivity contribution in [3.63, 3.8) is 0 Å². The summed E-state index contributed by atoms with van der Waals surface area (Å²) in [7, 11) is 0. The second kappa shape index (κ2) is 12.5. The Bertz CT molecular complexity index is 1320. The zero-order valence-corrected chi connectivity index (χ0v) is 21.5. The average Bonchev–Trinajstić information content (AvgIpc) is 3.68. The Morgan fingerprint density at radius 1 is 0.378 bits per heavy atom.